The monoisotopic (exact) mass is 256 g/mol. The smallest absolute Gasteiger partial charge is 0.220 e. The predicted molar refractivity (Wildman–Crippen MR) is 73.7 cm³/mol. The Kier molecular flexibility index (Phi) is 8.46. The summed E-state index contributed by atoms with van der Waals surface area (Å²) in [6.07, 6.45) is 1.38. The van der Waals surface area contributed by atoms with Crippen LogP contribution < -0.4 is 10.6 Å². The summed E-state index contributed by atoms with van der Waals surface area (Å²) >= 11 is 0. The molecule has 0 unspecified atom stereocenters. The number of hydrogen-bond donors (Lipinski definition) is 2. The Balaban J connectivity index is 0.00000256. The third-order valence-electron chi connectivity index (χ3n) is 2.42. The lowest BCUT2D eigenvalue weighted by Crippen LogP contribution is -2.30. The quantitative estimate of drug-likeness (QED) is 0.761. The summed E-state index contributed by atoms with van der Waals surface area (Å²) in [5.74, 6) is 0.122. The van der Waals surface area contributed by atoms with Gasteiger partial charge in [0.25, 0.3) is 0 Å². The van der Waals surface area contributed by atoms with Crippen molar-refractivity contribution in [3.05, 3.63) is 35.4 Å². The van der Waals surface area contributed by atoms with E-state index in [1.807, 2.05) is 13.1 Å². The molecule has 0 spiro atoms. The van der Waals surface area contributed by atoms with Crippen LogP contribution in [0.25, 0.3) is 0 Å². The van der Waals surface area contributed by atoms with Gasteiger partial charge in [-0.2, -0.15) is 0 Å². The molecular formula is C13H21ClN2O. The molecule has 0 atom stereocenters. The molecule has 0 aliphatic heterocycles. The average Bonchev–Trinajstić information content (AvgIpc) is 2.27. The molecule has 1 amide bonds. The van der Waals surface area contributed by atoms with Gasteiger partial charge in [-0.3, -0.25) is 4.79 Å². The van der Waals surface area contributed by atoms with Crippen molar-refractivity contribution in [3.8, 4) is 0 Å². The molecule has 1 rings (SSSR count). The van der Waals surface area contributed by atoms with Crippen LogP contribution in [0.5, 0.6) is 0 Å². The van der Waals surface area contributed by atoms with Gasteiger partial charge in [0, 0.05) is 19.5 Å². The van der Waals surface area contributed by atoms with E-state index in [2.05, 4.69) is 35.8 Å². The van der Waals surface area contributed by atoms with Crippen LogP contribution in [0.2, 0.25) is 0 Å². The molecule has 0 radical (unpaired) electrons. The van der Waals surface area contributed by atoms with Crippen molar-refractivity contribution in [2.24, 2.45) is 0 Å². The molecular weight excluding hydrogens is 236 g/mol. The fourth-order valence-corrected chi connectivity index (χ4v) is 1.54. The summed E-state index contributed by atoms with van der Waals surface area (Å²) in [5.41, 5.74) is 2.47. The van der Waals surface area contributed by atoms with Crippen LogP contribution in [0.1, 0.15) is 17.5 Å². The standard InChI is InChI=1S/C13H20N2O.ClH/c1-11-4-3-5-12(10-11)6-7-13(16)15-9-8-14-2;/h3-5,10,14H,6-9H2,1-2H3,(H,15,16);1H. The molecule has 17 heavy (non-hydrogen) atoms. The van der Waals surface area contributed by atoms with E-state index in [1.54, 1.807) is 0 Å². The van der Waals surface area contributed by atoms with Crippen molar-refractivity contribution in [3.63, 3.8) is 0 Å². The fraction of sp³-hybridized carbons (Fsp3) is 0.462. The van der Waals surface area contributed by atoms with E-state index < -0.39 is 0 Å². The minimum absolute atomic E-state index is 0. The number of amides is 1. The maximum atomic E-state index is 11.4. The molecule has 0 saturated carbocycles. The molecule has 96 valence electrons. The lowest BCUT2D eigenvalue weighted by Gasteiger charge is -2.05. The summed E-state index contributed by atoms with van der Waals surface area (Å²) in [7, 11) is 1.87. The number of aryl methyl sites for hydroxylation is 2. The first-order chi connectivity index (χ1) is 7.72. The highest BCUT2D eigenvalue weighted by Crippen LogP contribution is 2.06. The van der Waals surface area contributed by atoms with E-state index in [0.29, 0.717) is 13.0 Å². The molecule has 4 heteroatoms. The minimum Gasteiger partial charge on any atom is -0.355 e. The first-order valence-corrected chi connectivity index (χ1v) is 5.69. The van der Waals surface area contributed by atoms with Gasteiger partial charge in [0.1, 0.15) is 0 Å². The highest BCUT2D eigenvalue weighted by molar-refractivity contribution is 5.85. The normalized spacial score (nSPS) is 9.53. The molecule has 1 aromatic carbocycles. The van der Waals surface area contributed by atoms with Crippen LogP contribution in [0, 0.1) is 6.92 Å². The van der Waals surface area contributed by atoms with Gasteiger partial charge in [0.2, 0.25) is 5.91 Å². The van der Waals surface area contributed by atoms with Crippen molar-refractivity contribution in [1.82, 2.24) is 10.6 Å². The molecule has 1 aromatic rings. The van der Waals surface area contributed by atoms with E-state index in [4.69, 9.17) is 0 Å². The summed E-state index contributed by atoms with van der Waals surface area (Å²) in [6.45, 7) is 3.58. The van der Waals surface area contributed by atoms with Crippen LogP contribution in [0.4, 0.5) is 0 Å². The second-order valence-corrected chi connectivity index (χ2v) is 3.94. The summed E-state index contributed by atoms with van der Waals surface area (Å²) < 4.78 is 0. The molecule has 3 nitrogen and oxygen atoms in total. The van der Waals surface area contributed by atoms with Gasteiger partial charge in [0.15, 0.2) is 0 Å². The summed E-state index contributed by atoms with van der Waals surface area (Å²) in [5, 5.41) is 5.86. The summed E-state index contributed by atoms with van der Waals surface area (Å²) in [6, 6.07) is 8.29. The number of hydrogen-bond acceptors (Lipinski definition) is 2. The Morgan fingerprint density at radius 3 is 2.71 bits per heavy atom. The number of carbonyl (C=O) groups excluding carboxylic acids is 1. The molecule has 0 fully saturated rings. The van der Waals surface area contributed by atoms with Crippen LogP contribution in [-0.4, -0.2) is 26.0 Å². The predicted octanol–water partition coefficient (Wildman–Crippen LogP) is 1.69. The van der Waals surface area contributed by atoms with Gasteiger partial charge in [-0.05, 0) is 26.0 Å². The first kappa shape index (κ1) is 15.9. The van der Waals surface area contributed by atoms with Crippen molar-refractivity contribution in [2.45, 2.75) is 19.8 Å². The van der Waals surface area contributed by atoms with E-state index in [-0.39, 0.29) is 18.3 Å². The van der Waals surface area contributed by atoms with Gasteiger partial charge in [-0.25, -0.2) is 0 Å². The van der Waals surface area contributed by atoms with Gasteiger partial charge < -0.3 is 10.6 Å². The van der Waals surface area contributed by atoms with Gasteiger partial charge >= 0.3 is 0 Å². The third kappa shape index (κ3) is 6.97. The summed E-state index contributed by atoms with van der Waals surface area (Å²) in [4.78, 5) is 11.4. The molecule has 2 N–H and O–H groups in total. The van der Waals surface area contributed by atoms with E-state index in [0.717, 1.165) is 13.0 Å². The third-order valence-corrected chi connectivity index (χ3v) is 2.42. The van der Waals surface area contributed by atoms with E-state index in [1.165, 1.54) is 11.1 Å². The highest BCUT2D eigenvalue weighted by Gasteiger charge is 2.01. The van der Waals surface area contributed by atoms with E-state index in [9.17, 15) is 4.79 Å². The zero-order valence-electron chi connectivity index (χ0n) is 10.5. The Hall–Kier alpha value is -1.06. The number of benzene rings is 1. The van der Waals surface area contributed by atoms with Gasteiger partial charge in [-0.15, -0.1) is 12.4 Å². The second kappa shape index (κ2) is 9.02. The van der Waals surface area contributed by atoms with Crippen LogP contribution in [-0.2, 0) is 11.2 Å². The zero-order valence-corrected chi connectivity index (χ0v) is 11.3. The van der Waals surface area contributed by atoms with Crippen molar-refractivity contribution >= 4 is 18.3 Å². The topological polar surface area (TPSA) is 41.1 Å². The SMILES string of the molecule is CNCCNC(=O)CCc1cccc(C)c1.Cl. The van der Waals surface area contributed by atoms with E-state index >= 15 is 0 Å². The van der Waals surface area contributed by atoms with Crippen LogP contribution in [0.15, 0.2) is 24.3 Å². The Morgan fingerprint density at radius 2 is 2.06 bits per heavy atom. The number of likely N-dealkylation sites (N-methyl/N-ethyl adjacent to an activating group) is 1. The van der Waals surface area contributed by atoms with Gasteiger partial charge in [-0.1, -0.05) is 29.8 Å². The Labute approximate surface area is 109 Å². The first-order valence-electron chi connectivity index (χ1n) is 5.69. The number of halogens is 1. The molecule has 0 aliphatic rings. The Bertz CT molecular complexity index is 342. The van der Waals surface area contributed by atoms with Crippen LogP contribution in [0.3, 0.4) is 0 Å². The zero-order chi connectivity index (χ0) is 11.8. The number of rotatable bonds is 6. The average molecular weight is 257 g/mol. The molecule has 0 bridgehead atoms. The maximum Gasteiger partial charge on any atom is 0.220 e. The molecule has 0 aromatic heterocycles. The maximum absolute atomic E-state index is 11.4. The van der Waals surface area contributed by atoms with Crippen molar-refractivity contribution < 1.29 is 4.79 Å². The lowest BCUT2D eigenvalue weighted by atomic mass is 10.1. The Morgan fingerprint density at radius 1 is 1.29 bits per heavy atom. The highest BCUT2D eigenvalue weighted by atomic mass is 35.5. The number of nitrogens with one attached hydrogen (secondary N) is 2. The van der Waals surface area contributed by atoms with Crippen molar-refractivity contribution in [1.29, 1.82) is 0 Å². The second-order valence-electron chi connectivity index (χ2n) is 3.94. The lowest BCUT2D eigenvalue weighted by molar-refractivity contribution is -0.121. The molecule has 0 heterocycles. The fourth-order valence-electron chi connectivity index (χ4n) is 1.54. The van der Waals surface area contributed by atoms with Crippen LogP contribution >= 0.6 is 12.4 Å². The van der Waals surface area contributed by atoms with Crippen molar-refractivity contribution in [2.75, 3.05) is 20.1 Å². The van der Waals surface area contributed by atoms with Gasteiger partial charge in [0.05, 0.1) is 0 Å². The largest absolute Gasteiger partial charge is 0.355 e. The minimum atomic E-state index is 0. The number of carbonyl (C=O) groups is 1. The molecule has 0 aliphatic carbocycles. The molecule has 0 saturated heterocycles.